The summed E-state index contributed by atoms with van der Waals surface area (Å²) in [4.78, 5) is 1.76. The van der Waals surface area contributed by atoms with E-state index in [1.54, 1.807) is 28.6 Å². The molecule has 140 valence electrons. The van der Waals surface area contributed by atoms with Gasteiger partial charge in [-0.2, -0.15) is 4.31 Å². The summed E-state index contributed by atoms with van der Waals surface area (Å²) in [6, 6.07) is 15.1. The summed E-state index contributed by atoms with van der Waals surface area (Å²) in [5.41, 5.74) is 2.63. The van der Waals surface area contributed by atoms with E-state index < -0.39 is 10.0 Å². The number of benzene rings is 2. The Morgan fingerprint density at radius 1 is 1.04 bits per heavy atom. The van der Waals surface area contributed by atoms with Crippen LogP contribution in [0.4, 0.5) is 0 Å². The monoisotopic (exact) mass is 375 g/mol. The number of hydrogen-bond acceptors (Lipinski definition) is 3. The molecule has 0 unspecified atom stereocenters. The molecule has 0 bridgehead atoms. The second-order valence-electron chi connectivity index (χ2n) is 6.66. The first-order chi connectivity index (χ1) is 12.5. The maximum Gasteiger partial charge on any atom is 0.243 e. The Morgan fingerprint density at radius 3 is 2.31 bits per heavy atom. The number of hydrogen-bond donors (Lipinski definition) is 1. The van der Waals surface area contributed by atoms with Crippen molar-refractivity contribution < 1.29 is 18.1 Å². The highest BCUT2D eigenvalue weighted by atomic mass is 32.2. The van der Waals surface area contributed by atoms with Crippen molar-refractivity contribution in [1.82, 2.24) is 4.31 Å². The van der Waals surface area contributed by atoms with Gasteiger partial charge >= 0.3 is 0 Å². The highest BCUT2D eigenvalue weighted by Gasteiger charge is 2.30. The zero-order valence-electron chi connectivity index (χ0n) is 15.4. The van der Waals surface area contributed by atoms with Gasteiger partial charge in [-0.3, -0.25) is 0 Å². The number of ether oxygens (including phenoxy) is 1. The summed E-state index contributed by atoms with van der Waals surface area (Å²) in [6.45, 7) is 8.30. The maximum absolute atomic E-state index is 12.9. The van der Waals surface area contributed by atoms with Gasteiger partial charge in [-0.1, -0.05) is 24.3 Å². The van der Waals surface area contributed by atoms with Gasteiger partial charge in [0.2, 0.25) is 10.0 Å². The van der Waals surface area contributed by atoms with Crippen LogP contribution in [0.3, 0.4) is 0 Å². The number of piperazine rings is 1. The first-order valence-electron chi connectivity index (χ1n) is 9.12. The Balaban J connectivity index is 1.62. The van der Waals surface area contributed by atoms with Crippen molar-refractivity contribution >= 4 is 10.0 Å². The van der Waals surface area contributed by atoms with Crippen LogP contribution >= 0.6 is 0 Å². The summed E-state index contributed by atoms with van der Waals surface area (Å²) in [7, 11) is -3.43. The van der Waals surface area contributed by atoms with Gasteiger partial charge in [0.05, 0.1) is 37.7 Å². The van der Waals surface area contributed by atoms with Gasteiger partial charge in [0.15, 0.2) is 0 Å². The van der Waals surface area contributed by atoms with Crippen LogP contribution in [-0.2, 0) is 16.6 Å². The number of aryl methyl sites for hydroxylation is 1. The second-order valence-corrected chi connectivity index (χ2v) is 8.60. The Bertz CT molecular complexity index is 826. The van der Waals surface area contributed by atoms with E-state index in [1.165, 1.54) is 16.0 Å². The van der Waals surface area contributed by atoms with Crippen molar-refractivity contribution in [2.24, 2.45) is 0 Å². The van der Waals surface area contributed by atoms with Gasteiger partial charge in [-0.15, -0.1) is 0 Å². The summed E-state index contributed by atoms with van der Waals surface area (Å²) in [5, 5.41) is 0. The minimum Gasteiger partial charge on any atom is -0.494 e. The smallest absolute Gasteiger partial charge is 0.243 e. The molecule has 0 spiro atoms. The standard InChI is InChI=1S/C20H26N2O3S/c1-3-25-19-8-10-20(11-9-19)26(23,24)22-14-12-21(13-15-22)16-18-7-5-4-6-17(18)2/h4-11H,3,12-16H2,1-2H3/p+1. The number of rotatable bonds is 6. The van der Waals surface area contributed by atoms with Crippen LogP contribution in [0, 0.1) is 6.92 Å². The minimum absolute atomic E-state index is 0.336. The van der Waals surface area contributed by atoms with Crippen molar-refractivity contribution in [1.29, 1.82) is 0 Å². The topological polar surface area (TPSA) is 51.1 Å². The fourth-order valence-electron chi connectivity index (χ4n) is 3.32. The fourth-order valence-corrected chi connectivity index (χ4v) is 4.76. The van der Waals surface area contributed by atoms with Gasteiger partial charge in [0, 0.05) is 5.56 Å². The van der Waals surface area contributed by atoms with Crippen LogP contribution in [0.15, 0.2) is 53.4 Å². The lowest BCUT2D eigenvalue weighted by molar-refractivity contribution is -0.917. The normalized spacial score (nSPS) is 16.5. The van der Waals surface area contributed by atoms with Crippen LogP contribution in [0.25, 0.3) is 0 Å². The first kappa shape index (κ1) is 18.9. The van der Waals surface area contributed by atoms with Gasteiger partial charge in [-0.25, -0.2) is 8.42 Å². The summed E-state index contributed by atoms with van der Waals surface area (Å²) in [6.07, 6.45) is 0. The third kappa shape index (κ3) is 4.26. The van der Waals surface area contributed by atoms with E-state index in [-0.39, 0.29) is 0 Å². The van der Waals surface area contributed by atoms with Crippen molar-refractivity contribution in [2.45, 2.75) is 25.3 Å². The lowest BCUT2D eigenvalue weighted by Gasteiger charge is -2.31. The largest absolute Gasteiger partial charge is 0.494 e. The lowest BCUT2D eigenvalue weighted by atomic mass is 10.1. The molecule has 0 atom stereocenters. The molecule has 0 radical (unpaired) electrons. The third-order valence-electron chi connectivity index (χ3n) is 4.90. The lowest BCUT2D eigenvalue weighted by Crippen LogP contribution is -3.13. The minimum atomic E-state index is -3.43. The highest BCUT2D eigenvalue weighted by molar-refractivity contribution is 7.89. The molecule has 3 rings (SSSR count). The molecule has 1 N–H and O–H groups in total. The molecule has 6 heteroatoms. The molecule has 26 heavy (non-hydrogen) atoms. The Hall–Kier alpha value is -1.89. The number of nitrogens with one attached hydrogen (secondary N) is 1. The summed E-state index contributed by atoms with van der Waals surface area (Å²) < 4.78 is 32.7. The van der Waals surface area contributed by atoms with E-state index in [4.69, 9.17) is 4.74 Å². The first-order valence-corrected chi connectivity index (χ1v) is 10.6. The molecule has 1 saturated heterocycles. The van der Waals surface area contributed by atoms with Crippen LogP contribution in [0.5, 0.6) is 5.75 Å². The third-order valence-corrected chi connectivity index (χ3v) is 6.82. The molecule has 0 amide bonds. The van der Waals surface area contributed by atoms with E-state index in [1.807, 2.05) is 6.92 Å². The van der Waals surface area contributed by atoms with Gasteiger partial charge in [0.1, 0.15) is 12.3 Å². The molecule has 1 heterocycles. The zero-order chi connectivity index (χ0) is 18.6. The van der Waals surface area contributed by atoms with Crippen LogP contribution in [0.1, 0.15) is 18.1 Å². The average Bonchev–Trinajstić information content (AvgIpc) is 2.65. The molecule has 1 aliphatic heterocycles. The van der Waals surface area contributed by atoms with Crippen LogP contribution < -0.4 is 9.64 Å². The quantitative estimate of drug-likeness (QED) is 0.832. The molecular formula is C20H27N2O3S+. The second kappa shape index (κ2) is 8.20. The van der Waals surface area contributed by atoms with Gasteiger partial charge in [0.25, 0.3) is 0 Å². The molecule has 2 aromatic carbocycles. The maximum atomic E-state index is 12.9. The SMILES string of the molecule is CCOc1ccc(S(=O)(=O)N2CC[NH+](Cc3ccccc3C)CC2)cc1. The van der Waals surface area contributed by atoms with E-state index in [0.29, 0.717) is 30.3 Å². The van der Waals surface area contributed by atoms with E-state index in [9.17, 15) is 8.42 Å². The van der Waals surface area contributed by atoms with Crippen LogP contribution in [0.2, 0.25) is 0 Å². The fraction of sp³-hybridized carbons (Fsp3) is 0.400. The molecule has 2 aromatic rings. The van der Waals surface area contributed by atoms with Crippen LogP contribution in [-0.4, -0.2) is 45.5 Å². The molecule has 0 aliphatic carbocycles. The van der Waals surface area contributed by atoms with E-state index >= 15 is 0 Å². The molecular weight excluding hydrogens is 348 g/mol. The predicted octanol–water partition coefficient (Wildman–Crippen LogP) is 1.48. The van der Waals surface area contributed by atoms with E-state index in [2.05, 4.69) is 31.2 Å². The van der Waals surface area contributed by atoms with Crippen molar-refractivity contribution in [3.05, 3.63) is 59.7 Å². The zero-order valence-corrected chi connectivity index (χ0v) is 16.3. The van der Waals surface area contributed by atoms with Crippen molar-refractivity contribution in [2.75, 3.05) is 32.8 Å². The predicted molar refractivity (Wildman–Crippen MR) is 102 cm³/mol. The Labute approximate surface area is 156 Å². The van der Waals surface area contributed by atoms with Crippen molar-refractivity contribution in [3.63, 3.8) is 0 Å². The Morgan fingerprint density at radius 2 is 1.69 bits per heavy atom. The molecule has 1 aliphatic rings. The number of quaternary nitrogens is 1. The summed E-state index contributed by atoms with van der Waals surface area (Å²) >= 11 is 0. The number of sulfonamides is 1. The van der Waals surface area contributed by atoms with Gasteiger partial charge < -0.3 is 9.64 Å². The number of nitrogens with zero attached hydrogens (tertiary/aromatic N) is 1. The van der Waals surface area contributed by atoms with Gasteiger partial charge in [-0.05, 0) is 43.7 Å². The molecule has 1 fully saturated rings. The summed E-state index contributed by atoms with van der Waals surface area (Å²) in [5.74, 6) is 0.693. The molecule has 0 aromatic heterocycles. The van der Waals surface area contributed by atoms with E-state index in [0.717, 1.165) is 19.6 Å². The molecule has 0 saturated carbocycles. The Kier molecular flexibility index (Phi) is 5.96. The molecule has 5 nitrogen and oxygen atoms in total. The average molecular weight is 376 g/mol. The highest BCUT2D eigenvalue weighted by Crippen LogP contribution is 2.19. The van der Waals surface area contributed by atoms with Crippen molar-refractivity contribution in [3.8, 4) is 5.75 Å².